The van der Waals surface area contributed by atoms with Gasteiger partial charge in [-0.25, -0.2) is 8.78 Å². The van der Waals surface area contributed by atoms with E-state index in [1.807, 2.05) is 48.5 Å². The van der Waals surface area contributed by atoms with Gasteiger partial charge in [-0.15, -0.1) is 0 Å². The first-order chi connectivity index (χ1) is 19.1. The lowest BCUT2D eigenvalue weighted by Crippen LogP contribution is -2.47. The highest BCUT2D eigenvalue weighted by atomic mass is 31.0. The number of aromatic nitrogens is 1. The van der Waals surface area contributed by atoms with E-state index in [1.165, 1.54) is 9.24 Å². The normalized spacial score (nSPS) is 17.9. The van der Waals surface area contributed by atoms with Crippen LogP contribution < -0.4 is 10.6 Å². The van der Waals surface area contributed by atoms with Crippen molar-refractivity contribution in [3.63, 3.8) is 0 Å². The van der Waals surface area contributed by atoms with Crippen LogP contribution in [-0.2, 0) is 10.2 Å². The van der Waals surface area contributed by atoms with Crippen molar-refractivity contribution < 1.29 is 22.9 Å². The molecule has 2 aliphatic rings. The molecule has 2 unspecified atom stereocenters. The van der Waals surface area contributed by atoms with Crippen molar-refractivity contribution in [2.45, 2.75) is 56.7 Å². The van der Waals surface area contributed by atoms with Crippen molar-refractivity contribution in [2.75, 3.05) is 26.2 Å². The van der Waals surface area contributed by atoms with Gasteiger partial charge in [0, 0.05) is 19.1 Å². The van der Waals surface area contributed by atoms with Crippen LogP contribution in [0.25, 0.3) is 11.1 Å². The Morgan fingerprint density at radius 2 is 1.75 bits per heavy atom. The molecule has 1 saturated heterocycles. The zero-order valence-electron chi connectivity index (χ0n) is 22.8. The number of aryl methyl sites for hydroxylation is 2. The number of alkyl halides is 2. The van der Waals surface area contributed by atoms with Gasteiger partial charge in [-0.3, -0.25) is 9.59 Å². The smallest absolute Gasteiger partial charge is 0.275 e. The Hall–Kier alpha value is -3.16. The Morgan fingerprint density at radius 3 is 2.35 bits per heavy atom. The van der Waals surface area contributed by atoms with E-state index in [9.17, 15) is 18.4 Å². The summed E-state index contributed by atoms with van der Waals surface area (Å²) in [6.45, 7) is 5.19. The molecule has 40 heavy (non-hydrogen) atoms. The predicted molar refractivity (Wildman–Crippen MR) is 152 cm³/mol. The van der Waals surface area contributed by atoms with E-state index in [0.29, 0.717) is 23.4 Å². The Kier molecular flexibility index (Phi) is 8.07. The van der Waals surface area contributed by atoms with Gasteiger partial charge in [-0.2, -0.15) is 0 Å². The lowest BCUT2D eigenvalue weighted by molar-refractivity contribution is -0.126. The van der Waals surface area contributed by atoms with Gasteiger partial charge in [0.1, 0.15) is 16.7 Å². The summed E-state index contributed by atoms with van der Waals surface area (Å²) in [5, 5.41) is 9.51. The van der Waals surface area contributed by atoms with E-state index >= 15 is 0 Å². The second kappa shape index (κ2) is 11.4. The van der Waals surface area contributed by atoms with Crippen LogP contribution in [0.15, 0.2) is 53.1 Å². The van der Waals surface area contributed by atoms with Crippen molar-refractivity contribution in [3.05, 3.63) is 76.7 Å². The van der Waals surface area contributed by atoms with E-state index in [0.717, 1.165) is 61.2 Å². The maximum absolute atomic E-state index is 13.8. The highest BCUT2D eigenvalue weighted by molar-refractivity contribution is 7.18. The van der Waals surface area contributed by atoms with Gasteiger partial charge in [0.2, 0.25) is 5.91 Å². The number of carbonyl (C=O) groups excluding carboxylic acids is 2. The summed E-state index contributed by atoms with van der Waals surface area (Å²) in [7, 11) is 1.50. The SMILES string of the molecule is Cc1noc(C)c1C(=O)NC1CCN(CCCCC2(C(=O)NCC(F)(F)P)c3ccccc3-c3ccccc32)C1. The van der Waals surface area contributed by atoms with E-state index in [1.54, 1.807) is 13.8 Å². The Bertz CT molecular complexity index is 1340. The average Bonchev–Trinajstić information content (AvgIpc) is 3.59. The summed E-state index contributed by atoms with van der Waals surface area (Å²) in [4.78, 5) is 28.8. The molecule has 1 aromatic heterocycles. The maximum atomic E-state index is 13.8. The van der Waals surface area contributed by atoms with E-state index < -0.39 is 23.5 Å². The van der Waals surface area contributed by atoms with Crippen LogP contribution in [-0.4, -0.2) is 59.8 Å². The van der Waals surface area contributed by atoms with Crippen molar-refractivity contribution in [1.82, 2.24) is 20.7 Å². The molecule has 0 saturated carbocycles. The quantitative estimate of drug-likeness (QED) is 0.271. The third-order valence-electron chi connectivity index (χ3n) is 8.08. The number of benzene rings is 2. The van der Waals surface area contributed by atoms with Crippen molar-refractivity contribution >= 4 is 21.1 Å². The molecule has 0 bridgehead atoms. The number of amides is 2. The summed E-state index contributed by atoms with van der Waals surface area (Å²) in [5.74, 6) is -0.0414. The molecular formula is C30H35F2N4O3P. The zero-order valence-corrected chi connectivity index (χ0v) is 24.0. The van der Waals surface area contributed by atoms with Crippen LogP contribution in [0.5, 0.6) is 0 Å². The second-order valence-electron chi connectivity index (χ2n) is 10.9. The number of hydrogen-bond acceptors (Lipinski definition) is 5. The first-order valence-corrected chi connectivity index (χ1v) is 14.3. The van der Waals surface area contributed by atoms with Gasteiger partial charge in [0.15, 0.2) is 0 Å². The molecule has 2 N–H and O–H groups in total. The first-order valence-electron chi connectivity index (χ1n) is 13.7. The minimum absolute atomic E-state index is 0.0421. The number of nitrogens with one attached hydrogen (secondary N) is 2. The minimum atomic E-state index is -3.08. The fourth-order valence-electron chi connectivity index (χ4n) is 6.25. The van der Waals surface area contributed by atoms with E-state index in [-0.39, 0.29) is 11.9 Å². The highest BCUT2D eigenvalue weighted by Crippen LogP contribution is 2.51. The van der Waals surface area contributed by atoms with Gasteiger partial charge in [0.05, 0.1) is 12.2 Å². The molecule has 2 heterocycles. The number of likely N-dealkylation sites (tertiary alicyclic amines) is 1. The highest BCUT2D eigenvalue weighted by Gasteiger charge is 2.48. The summed E-state index contributed by atoms with van der Waals surface area (Å²) in [6, 6.07) is 15.6. The third kappa shape index (κ3) is 5.54. The fourth-order valence-corrected chi connectivity index (χ4v) is 6.35. The molecule has 1 aliphatic carbocycles. The lowest BCUT2D eigenvalue weighted by Gasteiger charge is -2.31. The molecule has 1 aliphatic heterocycles. The molecule has 7 nitrogen and oxygen atoms in total. The summed E-state index contributed by atoms with van der Waals surface area (Å²) in [5.41, 5.74) is 0.649. The number of hydrogen-bond donors (Lipinski definition) is 2. The van der Waals surface area contributed by atoms with Crippen LogP contribution in [0, 0.1) is 13.8 Å². The number of rotatable bonds is 10. The summed E-state index contributed by atoms with van der Waals surface area (Å²) in [6.07, 6.45) is 2.93. The van der Waals surface area contributed by atoms with Gasteiger partial charge >= 0.3 is 0 Å². The maximum Gasteiger partial charge on any atom is 0.275 e. The molecular weight excluding hydrogens is 533 g/mol. The topological polar surface area (TPSA) is 87.5 Å². The number of halogens is 2. The van der Waals surface area contributed by atoms with Crippen LogP contribution in [0.1, 0.15) is 58.6 Å². The van der Waals surface area contributed by atoms with E-state index in [2.05, 4.69) is 20.7 Å². The molecule has 5 rings (SSSR count). The van der Waals surface area contributed by atoms with Gasteiger partial charge in [-0.1, -0.05) is 69.3 Å². The minimum Gasteiger partial charge on any atom is -0.361 e. The first kappa shape index (κ1) is 28.4. The molecule has 2 amide bonds. The fraction of sp³-hybridized carbons (Fsp3) is 0.433. The standard InChI is InChI=1S/C30H35F2N4O3P/c1-19-26(20(2)39-35-19)27(37)34-21-13-16-36(17-21)15-8-7-14-29(28(38)33-18-30(31,32)40)24-11-5-3-9-22(24)23-10-4-6-12-25(23)29/h3-6,9-12,21H,7-8,13-18,40H2,1-2H3,(H,33,38)(H,34,37). The van der Waals surface area contributed by atoms with Crippen molar-refractivity contribution in [3.8, 4) is 11.1 Å². The Morgan fingerprint density at radius 1 is 1.10 bits per heavy atom. The van der Waals surface area contributed by atoms with Crippen LogP contribution in [0.2, 0.25) is 0 Å². The monoisotopic (exact) mass is 568 g/mol. The average molecular weight is 569 g/mol. The molecule has 212 valence electrons. The molecule has 2 atom stereocenters. The summed E-state index contributed by atoms with van der Waals surface area (Å²) >= 11 is 0. The number of unbranched alkanes of at least 4 members (excludes halogenated alkanes) is 1. The van der Waals surface area contributed by atoms with Crippen LogP contribution in [0.3, 0.4) is 0 Å². The van der Waals surface area contributed by atoms with Crippen molar-refractivity contribution in [2.24, 2.45) is 0 Å². The van der Waals surface area contributed by atoms with E-state index in [4.69, 9.17) is 4.52 Å². The van der Waals surface area contributed by atoms with Gasteiger partial charge in [-0.05, 0) is 61.9 Å². The number of nitrogens with zero attached hydrogens (tertiary/aromatic N) is 2. The van der Waals surface area contributed by atoms with Crippen molar-refractivity contribution in [1.29, 1.82) is 0 Å². The molecule has 0 radical (unpaired) electrons. The number of carbonyl (C=O) groups is 2. The Labute approximate surface area is 235 Å². The number of fused-ring (bicyclic) bond motifs is 3. The second-order valence-corrected chi connectivity index (χ2v) is 11.7. The molecule has 1 fully saturated rings. The molecule has 2 aromatic carbocycles. The molecule has 0 spiro atoms. The molecule has 3 aromatic rings. The Balaban J connectivity index is 1.25. The molecule has 10 heteroatoms. The lowest BCUT2D eigenvalue weighted by atomic mass is 9.73. The summed E-state index contributed by atoms with van der Waals surface area (Å²) < 4.78 is 32.5. The zero-order chi connectivity index (χ0) is 28.5. The van der Waals surface area contributed by atoms with Crippen LogP contribution >= 0.6 is 9.24 Å². The predicted octanol–water partition coefficient (Wildman–Crippen LogP) is 4.82. The van der Waals surface area contributed by atoms with Gasteiger partial charge in [0.25, 0.3) is 11.6 Å². The van der Waals surface area contributed by atoms with Gasteiger partial charge < -0.3 is 20.1 Å². The largest absolute Gasteiger partial charge is 0.361 e. The van der Waals surface area contributed by atoms with Crippen LogP contribution in [0.4, 0.5) is 8.78 Å². The third-order valence-corrected chi connectivity index (χ3v) is 8.28.